The van der Waals surface area contributed by atoms with Crippen molar-refractivity contribution in [1.82, 2.24) is 0 Å². The summed E-state index contributed by atoms with van der Waals surface area (Å²) >= 11 is 0. The minimum atomic E-state index is -3.81. The molecule has 0 fully saturated rings. The average molecular weight is 383 g/mol. The Morgan fingerprint density at radius 3 is 1.26 bits per heavy atom. The molecule has 6 nitrogen and oxygen atoms in total. The normalized spacial score (nSPS) is 13.7. The molecule has 1 rings (SSSR count). The van der Waals surface area contributed by atoms with Gasteiger partial charge < -0.3 is 0 Å². The lowest BCUT2D eigenvalue weighted by Crippen LogP contribution is -2.19. The Morgan fingerprint density at radius 2 is 1.00 bits per heavy atom. The van der Waals surface area contributed by atoms with Crippen LogP contribution in [0.2, 0.25) is 0 Å². The number of hydrogen-bond acceptors (Lipinski definition) is 6. The highest BCUT2D eigenvalue weighted by Gasteiger charge is 2.28. The second-order valence-electron chi connectivity index (χ2n) is 5.73. The van der Waals surface area contributed by atoms with Crippen LogP contribution >= 0.6 is 0 Å². The first-order valence-electron chi connectivity index (χ1n) is 7.12. The summed E-state index contributed by atoms with van der Waals surface area (Å²) in [6.07, 6.45) is 0. The highest BCUT2D eigenvalue weighted by Crippen LogP contribution is 2.27. The van der Waals surface area contributed by atoms with Gasteiger partial charge in [-0.1, -0.05) is 6.92 Å². The summed E-state index contributed by atoms with van der Waals surface area (Å²) in [6.45, 7) is 7.22. The van der Waals surface area contributed by atoms with E-state index in [1.165, 1.54) is 34.6 Å². The largest absolute Gasteiger partial charge is 0.224 e. The van der Waals surface area contributed by atoms with Gasteiger partial charge in [-0.15, -0.1) is 0 Å². The van der Waals surface area contributed by atoms with E-state index < -0.39 is 40.0 Å². The Hall–Kier alpha value is -0.930. The van der Waals surface area contributed by atoms with E-state index in [0.717, 1.165) is 18.2 Å². The molecule has 0 saturated carbocycles. The Bertz CT molecular complexity index is 836. The molecule has 0 amide bonds. The smallest absolute Gasteiger partial charge is 0.180 e. The molecular formula is C14H22O6S3. The zero-order valence-electron chi connectivity index (χ0n) is 13.8. The van der Waals surface area contributed by atoms with Crippen LogP contribution in [0.3, 0.4) is 0 Å². The summed E-state index contributed by atoms with van der Waals surface area (Å²) in [5, 5.41) is -1.59. The highest BCUT2D eigenvalue weighted by atomic mass is 32.2. The van der Waals surface area contributed by atoms with E-state index in [1.807, 2.05) is 0 Å². The summed E-state index contributed by atoms with van der Waals surface area (Å²) < 4.78 is 73.7. The molecule has 0 aliphatic rings. The van der Waals surface area contributed by atoms with E-state index in [1.54, 1.807) is 0 Å². The first kappa shape index (κ1) is 20.1. The van der Waals surface area contributed by atoms with E-state index in [0.29, 0.717) is 0 Å². The molecule has 0 aliphatic carbocycles. The van der Waals surface area contributed by atoms with Gasteiger partial charge in [0.15, 0.2) is 29.5 Å². The van der Waals surface area contributed by atoms with Crippen molar-refractivity contribution >= 4 is 29.5 Å². The van der Waals surface area contributed by atoms with Crippen LogP contribution in [-0.4, -0.2) is 41.5 Å². The molecule has 0 N–H and O–H groups in total. The van der Waals surface area contributed by atoms with Crippen LogP contribution in [0, 0.1) is 0 Å². The lowest BCUT2D eigenvalue weighted by atomic mass is 10.4. The van der Waals surface area contributed by atoms with Crippen molar-refractivity contribution in [3.8, 4) is 0 Å². The van der Waals surface area contributed by atoms with Gasteiger partial charge in [-0.3, -0.25) is 0 Å². The predicted molar refractivity (Wildman–Crippen MR) is 88.8 cm³/mol. The lowest BCUT2D eigenvalue weighted by molar-refractivity contribution is 0.583. The number of hydrogen-bond donors (Lipinski definition) is 0. The number of benzene rings is 1. The third-order valence-electron chi connectivity index (χ3n) is 3.49. The van der Waals surface area contributed by atoms with Gasteiger partial charge in [-0.2, -0.15) is 0 Å². The maximum absolute atomic E-state index is 12.4. The third kappa shape index (κ3) is 3.95. The molecule has 1 aromatic carbocycles. The van der Waals surface area contributed by atoms with Gasteiger partial charge in [-0.25, -0.2) is 25.3 Å². The van der Waals surface area contributed by atoms with Crippen LogP contribution in [0.4, 0.5) is 0 Å². The van der Waals surface area contributed by atoms with Gasteiger partial charge in [-0.05, 0) is 45.9 Å². The molecule has 0 radical (unpaired) electrons. The molecule has 0 saturated heterocycles. The quantitative estimate of drug-likeness (QED) is 0.744. The van der Waals surface area contributed by atoms with Gasteiger partial charge in [0, 0.05) is 0 Å². The molecule has 0 atom stereocenters. The van der Waals surface area contributed by atoms with Crippen molar-refractivity contribution in [1.29, 1.82) is 0 Å². The van der Waals surface area contributed by atoms with Crippen molar-refractivity contribution < 1.29 is 25.3 Å². The molecule has 1 aromatic rings. The predicted octanol–water partition coefficient (Wildman–Crippen LogP) is 1.84. The molecule has 0 bridgehead atoms. The van der Waals surface area contributed by atoms with Crippen LogP contribution in [0.25, 0.3) is 0 Å². The first-order valence-corrected chi connectivity index (χ1v) is 11.9. The number of rotatable bonds is 6. The average Bonchev–Trinajstić information content (AvgIpc) is 2.46. The molecule has 0 aromatic heterocycles. The van der Waals surface area contributed by atoms with Crippen molar-refractivity contribution in [3.63, 3.8) is 0 Å². The fraction of sp³-hybridized carbons (Fsp3) is 0.571. The van der Waals surface area contributed by atoms with Crippen LogP contribution in [0.5, 0.6) is 0 Å². The molecule has 9 heteroatoms. The van der Waals surface area contributed by atoms with Crippen LogP contribution in [-0.2, 0) is 29.5 Å². The summed E-state index contributed by atoms with van der Waals surface area (Å²) in [4.78, 5) is -0.872. The Labute approximate surface area is 138 Å². The fourth-order valence-corrected chi connectivity index (χ4v) is 5.19. The van der Waals surface area contributed by atoms with Gasteiger partial charge in [0.2, 0.25) is 0 Å². The SMILES string of the molecule is CCS(=O)(=O)c1cc(S(=O)(=O)C(C)C)cc(S(=O)(=O)C(C)C)c1. The fourth-order valence-electron chi connectivity index (χ4n) is 1.76. The summed E-state index contributed by atoms with van der Waals surface area (Å²) in [5.74, 6) is -0.251. The maximum Gasteiger partial charge on any atom is 0.180 e. The Kier molecular flexibility index (Phi) is 5.71. The molecule has 0 aliphatic heterocycles. The minimum Gasteiger partial charge on any atom is -0.224 e. The summed E-state index contributed by atoms with van der Waals surface area (Å²) in [6, 6.07) is 3.11. The Morgan fingerprint density at radius 1 is 0.696 bits per heavy atom. The second kappa shape index (κ2) is 6.52. The van der Waals surface area contributed by atoms with E-state index >= 15 is 0 Å². The van der Waals surface area contributed by atoms with Crippen molar-refractivity contribution in [2.24, 2.45) is 0 Å². The van der Waals surface area contributed by atoms with Gasteiger partial charge in [0.05, 0.1) is 30.9 Å². The Balaban J connectivity index is 3.87. The molecular weight excluding hydrogens is 360 g/mol. The van der Waals surface area contributed by atoms with E-state index in [4.69, 9.17) is 0 Å². The maximum atomic E-state index is 12.4. The van der Waals surface area contributed by atoms with Crippen molar-refractivity contribution in [2.45, 2.75) is 59.8 Å². The minimum absolute atomic E-state index is 0.251. The lowest BCUT2D eigenvalue weighted by Gasteiger charge is -2.14. The molecule has 23 heavy (non-hydrogen) atoms. The van der Waals surface area contributed by atoms with Gasteiger partial charge >= 0.3 is 0 Å². The molecule has 0 unspecified atom stereocenters. The third-order valence-corrected chi connectivity index (χ3v) is 9.47. The topological polar surface area (TPSA) is 102 Å². The highest BCUT2D eigenvalue weighted by molar-refractivity contribution is 7.93. The standard InChI is InChI=1S/C14H22O6S3/c1-6-21(15,16)12-7-13(22(17,18)10(2)3)9-14(8-12)23(19,20)11(4)5/h7-11H,6H2,1-5H3. The first-order chi connectivity index (χ1) is 10.3. The molecule has 0 heterocycles. The zero-order valence-corrected chi connectivity index (χ0v) is 16.2. The summed E-state index contributed by atoms with van der Waals surface area (Å²) in [7, 11) is -11.4. The summed E-state index contributed by atoms with van der Waals surface area (Å²) in [5.41, 5.74) is 0. The van der Waals surface area contributed by atoms with Gasteiger partial charge in [0.1, 0.15) is 0 Å². The van der Waals surface area contributed by atoms with E-state index in [9.17, 15) is 25.3 Å². The van der Waals surface area contributed by atoms with Gasteiger partial charge in [0.25, 0.3) is 0 Å². The number of sulfone groups is 3. The van der Waals surface area contributed by atoms with Crippen molar-refractivity contribution in [3.05, 3.63) is 18.2 Å². The van der Waals surface area contributed by atoms with E-state index in [-0.39, 0.29) is 20.4 Å². The van der Waals surface area contributed by atoms with Crippen molar-refractivity contribution in [2.75, 3.05) is 5.75 Å². The van der Waals surface area contributed by atoms with Crippen LogP contribution < -0.4 is 0 Å². The van der Waals surface area contributed by atoms with E-state index in [2.05, 4.69) is 0 Å². The van der Waals surface area contributed by atoms with Crippen LogP contribution in [0.15, 0.2) is 32.9 Å². The van der Waals surface area contributed by atoms with Crippen LogP contribution in [0.1, 0.15) is 34.6 Å². The second-order valence-corrected chi connectivity index (χ2v) is 13.0. The molecule has 132 valence electrons. The molecule has 0 spiro atoms. The zero-order chi connectivity index (χ0) is 18.2. The monoisotopic (exact) mass is 382 g/mol.